The molecule has 0 saturated carbocycles. The van der Waals surface area contributed by atoms with Gasteiger partial charge >= 0.3 is 0 Å². The van der Waals surface area contributed by atoms with Crippen molar-refractivity contribution in [2.45, 2.75) is 19.6 Å². The van der Waals surface area contributed by atoms with E-state index in [0.29, 0.717) is 6.61 Å². The average Bonchev–Trinajstić information content (AvgIpc) is 2.38. The second-order valence-corrected chi connectivity index (χ2v) is 4.98. The molecule has 0 aliphatic heterocycles. The summed E-state index contributed by atoms with van der Waals surface area (Å²) in [5.74, 6) is 0.801. The maximum absolute atomic E-state index is 9.41. The van der Waals surface area contributed by atoms with Crippen molar-refractivity contribution in [2.75, 3.05) is 0 Å². The summed E-state index contributed by atoms with van der Waals surface area (Å²) in [7, 11) is 0. The quantitative estimate of drug-likeness (QED) is 0.922. The zero-order valence-corrected chi connectivity index (χ0v) is 11.7. The zero-order valence-electron chi connectivity index (χ0n) is 10.1. The molecule has 1 N–H and O–H groups in total. The van der Waals surface area contributed by atoms with Crippen LogP contribution in [-0.4, -0.2) is 5.11 Å². The molecule has 2 rings (SSSR count). The molecule has 0 saturated heterocycles. The highest BCUT2D eigenvalue weighted by atomic mass is 79.9. The van der Waals surface area contributed by atoms with Crippen LogP contribution in [0.1, 0.15) is 24.2 Å². The highest BCUT2D eigenvalue weighted by Gasteiger charge is 2.02. The van der Waals surface area contributed by atoms with E-state index in [0.717, 1.165) is 21.3 Å². The summed E-state index contributed by atoms with van der Waals surface area (Å²) in [4.78, 5) is 0. The number of aliphatic hydroxyl groups excluding tert-OH is 1. The summed E-state index contributed by atoms with van der Waals surface area (Å²) in [5.41, 5.74) is 2.00. The molecule has 0 fully saturated rings. The van der Waals surface area contributed by atoms with Crippen LogP contribution >= 0.6 is 15.9 Å². The molecule has 18 heavy (non-hydrogen) atoms. The average molecular weight is 307 g/mol. The summed E-state index contributed by atoms with van der Waals surface area (Å²) < 4.78 is 6.74. The Kier molecular flexibility index (Phi) is 4.39. The first-order valence-electron chi connectivity index (χ1n) is 5.81. The Balaban J connectivity index is 2.00. The smallest absolute Gasteiger partial charge is 0.119 e. The van der Waals surface area contributed by atoms with Crippen molar-refractivity contribution >= 4 is 15.9 Å². The minimum atomic E-state index is -0.442. The number of benzene rings is 2. The monoisotopic (exact) mass is 306 g/mol. The lowest BCUT2D eigenvalue weighted by atomic mass is 10.1. The summed E-state index contributed by atoms with van der Waals surface area (Å²) >= 11 is 3.49. The van der Waals surface area contributed by atoms with Gasteiger partial charge in [0.05, 0.1) is 6.10 Å². The molecule has 94 valence electrons. The van der Waals surface area contributed by atoms with Crippen molar-refractivity contribution in [2.24, 2.45) is 0 Å². The second kappa shape index (κ2) is 6.03. The molecule has 0 radical (unpaired) electrons. The first kappa shape index (κ1) is 13.1. The Bertz CT molecular complexity index is 506. The van der Waals surface area contributed by atoms with Gasteiger partial charge < -0.3 is 9.84 Å². The minimum Gasteiger partial charge on any atom is -0.489 e. The van der Waals surface area contributed by atoms with Crippen molar-refractivity contribution in [3.05, 3.63) is 64.1 Å². The topological polar surface area (TPSA) is 29.5 Å². The van der Waals surface area contributed by atoms with Gasteiger partial charge in [-0.3, -0.25) is 0 Å². The number of ether oxygens (including phenoxy) is 1. The lowest BCUT2D eigenvalue weighted by Crippen LogP contribution is -1.97. The number of rotatable bonds is 4. The fraction of sp³-hybridized carbons (Fsp3) is 0.200. The third-order valence-corrected chi connectivity index (χ3v) is 3.49. The molecular weight excluding hydrogens is 292 g/mol. The molecule has 2 nitrogen and oxygen atoms in total. The van der Waals surface area contributed by atoms with Gasteiger partial charge in [-0.15, -0.1) is 0 Å². The van der Waals surface area contributed by atoms with E-state index in [1.54, 1.807) is 6.92 Å². The van der Waals surface area contributed by atoms with Crippen molar-refractivity contribution in [1.29, 1.82) is 0 Å². The van der Waals surface area contributed by atoms with Crippen LogP contribution in [0, 0.1) is 0 Å². The normalized spacial score (nSPS) is 12.2. The maximum atomic E-state index is 9.41. The molecular formula is C15H15BrO2. The first-order chi connectivity index (χ1) is 8.66. The molecule has 0 aromatic heterocycles. The van der Waals surface area contributed by atoms with Crippen LogP contribution < -0.4 is 4.74 Å². The number of hydrogen-bond acceptors (Lipinski definition) is 2. The molecule has 2 aromatic rings. The van der Waals surface area contributed by atoms with Crippen LogP contribution in [0.25, 0.3) is 0 Å². The SMILES string of the molecule is C[C@@H](O)c1ccc(OCc2ccccc2Br)cc1. The van der Waals surface area contributed by atoms with E-state index in [-0.39, 0.29) is 0 Å². The largest absolute Gasteiger partial charge is 0.489 e. The third-order valence-electron chi connectivity index (χ3n) is 2.71. The molecule has 0 bridgehead atoms. The highest BCUT2D eigenvalue weighted by molar-refractivity contribution is 9.10. The van der Waals surface area contributed by atoms with E-state index in [1.165, 1.54) is 0 Å². The molecule has 0 heterocycles. The van der Waals surface area contributed by atoms with E-state index in [4.69, 9.17) is 4.74 Å². The van der Waals surface area contributed by atoms with Crippen LogP contribution in [0.2, 0.25) is 0 Å². The first-order valence-corrected chi connectivity index (χ1v) is 6.60. The Morgan fingerprint density at radius 2 is 1.78 bits per heavy atom. The van der Waals surface area contributed by atoms with Crippen LogP contribution in [-0.2, 0) is 6.61 Å². The Morgan fingerprint density at radius 1 is 1.11 bits per heavy atom. The van der Waals surface area contributed by atoms with Crippen molar-refractivity contribution < 1.29 is 9.84 Å². The zero-order chi connectivity index (χ0) is 13.0. The highest BCUT2D eigenvalue weighted by Crippen LogP contribution is 2.21. The van der Waals surface area contributed by atoms with Crippen molar-refractivity contribution in [3.63, 3.8) is 0 Å². The Morgan fingerprint density at radius 3 is 2.39 bits per heavy atom. The van der Waals surface area contributed by atoms with E-state index in [1.807, 2.05) is 48.5 Å². The van der Waals surface area contributed by atoms with Crippen molar-refractivity contribution in [1.82, 2.24) is 0 Å². The summed E-state index contributed by atoms with van der Waals surface area (Å²) in [6.45, 7) is 2.27. The van der Waals surface area contributed by atoms with Gasteiger partial charge in [-0.05, 0) is 30.7 Å². The van der Waals surface area contributed by atoms with Gasteiger partial charge in [0, 0.05) is 10.0 Å². The van der Waals surface area contributed by atoms with Crippen LogP contribution in [0.4, 0.5) is 0 Å². The summed E-state index contributed by atoms with van der Waals surface area (Å²) in [5, 5.41) is 9.41. The van der Waals surface area contributed by atoms with Crippen LogP contribution in [0.3, 0.4) is 0 Å². The Hall–Kier alpha value is -1.32. The molecule has 0 spiro atoms. The lowest BCUT2D eigenvalue weighted by molar-refractivity contribution is 0.199. The van der Waals surface area contributed by atoms with Crippen LogP contribution in [0.15, 0.2) is 53.0 Å². The van der Waals surface area contributed by atoms with Crippen LogP contribution in [0.5, 0.6) is 5.75 Å². The molecule has 0 aliphatic rings. The number of halogens is 1. The molecule has 3 heteroatoms. The predicted molar refractivity (Wildman–Crippen MR) is 75.5 cm³/mol. The summed E-state index contributed by atoms with van der Waals surface area (Å²) in [6, 6.07) is 15.5. The lowest BCUT2D eigenvalue weighted by Gasteiger charge is -2.09. The van der Waals surface area contributed by atoms with Gasteiger partial charge in [0.1, 0.15) is 12.4 Å². The van der Waals surface area contributed by atoms with Gasteiger partial charge in [0.25, 0.3) is 0 Å². The summed E-state index contributed by atoms with van der Waals surface area (Å²) in [6.07, 6.45) is -0.442. The molecule has 0 unspecified atom stereocenters. The van der Waals surface area contributed by atoms with E-state index in [9.17, 15) is 5.11 Å². The van der Waals surface area contributed by atoms with Gasteiger partial charge in [-0.2, -0.15) is 0 Å². The Labute approximate surface area is 115 Å². The van der Waals surface area contributed by atoms with Gasteiger partial charge in [0.2, 0.25) is 0 Å². The third kappa shape index (κ3) is 3.34. The van der Waals surface area contributed by atoms with Gasteiger partial charge in [-0.1, -0.05) is 46.3 Å². The van der Waals surface area contributed by atoms with E-state index in [2.05, 4.69) is 15.9 Å². The standard InChI is InChI=1S/C15H15BrO2/c1-11(17)12-6-8-14(9-7-12)18-10-13-4-2-3-5-15(13)16/h2-9,11,17H,10H2,1H3/t11-/m1/s1. The molecule has 2 aromatic carbocycles. The molecule has 0 amide bonds. The maximum Gasteiger partial charge on any atom is 0.119 e. The molecule has 1 atom stereocenters. The van der Waals surface area contributed by atoms with Gasteiger partial charge in [0.15, 0.2) is 0 Å². The number of aliphatic hydroxyl groups is 1. The second-order valence-electron chi connectivity index (χ2n) is 4.13. The van der Waals surface area contributed by atoms with Gasteiger partial charge in [-0.25, -0.2) is 0 Å². The number of hydrogen-bond donors (Lipinski definition) is 1. The minimum absolute atomic E-state index is 0.442. The van der Waals surface area contributed by atoms with Crippen molar-refractivity contribution in [3.8, 4) is 5.75 Å². The predicted octanol–water partition coefficient (Wildman–Crippen LogP) is 4.08. The fourth-order valence-electron chi connectivity index (χ4n) is 1.62. The van der Waals surface area contributed by atoms with E-state index >= 15 is 0 Å². The molecule has 0 aliphatic carbocycles. The van der Waals surface area contributed by atoms with E-state index < -0.39 is 6.10 Å². The fourth-order valence-corrected chi connectivity index (χ4v) is 2.02.